The van der Waals surface area contributed by atoms with Crippen LogP contribution in [0.25, 0.3) is 16.9 Å². The van der Waals surface area contributed by atoms with Gasteiger partial charge < -0.3 is 5.11 Å². The average Bonchev–Trinajstić information content (AvgIpc) is 2.84. The molecule has 0 radical (unpaired) electrons. The summed E-state index contributed by atoms with van der Waals surface area (Å²) in [5.41, 5.74) is 2.24. The van der Waals surface area contributed by atoms with E-state index in [1.807, 2.05) is 13.2 Å². The molecule has 0 aromatic carbocycles. The van der Waals surface area contributed by atoms with E-state index in [1.165, 1.54) is 10.6 Å². The van der Waals surface area contributed by atoms with Crippen molar-refractivity contribution >= 4 is 5.65 Å². The number of fused-ring (bicyclic) bond motifs is 1. The Morgan fingerprint density at radius 3 is 2.94 bits per heavy atom. The summed E-state index contributed by atoms with van der Waals surface area (Å²) in [4.78, 5) is 4.11. The zero-order valence-corrected chi connectivity index (χ0v) is 8.57. The first-order valence-corrected chi connectivity index (χ1v) is 4.77. The molecule has 6 heteroatoms. The van der Waals surface area contributed by atoms with Crippen LogP contribution in [0.3, 0.4) is 0 Å². The molecule has 3 rings (SSSR count). The molecule has 0 spiro atoms. The van der Waals surface area contributed by atoms with Crippen molar-refractivity contribution in [3.05, 3.63) is 30.7 Å². The number of hydrogen-bond acceptors (Lipinski definition) is 4. The lowest BCUT2D eigenvalue weighted by Gasteiger charge is -1.93. The highest BCUT2D eigenvalue weighted by atomic mass is 16.3. The minimum Gasteiger partial charge on any atom is -0.493 e. The number of aromatic nitrogens is 5. The van der Waals surface area contributed by atoms with Crippen LogP contribution in [0.1, 0.15) is 0 Å². The van der Waals surface area contributed by atoms with Crippen molar-refractivity contribution < 1.29 is 5.11 Å². The van der Waals surface area contributed by atoms with Gasteiger partial charge in [-0.15, -0.1) is 0 Å². The van der Waals surface area contributed by atoms with Gasteiger partial charge in [-0.2, -0.15) is 14.7 Å². The number of rotatable bonds is 1. The van der Waals surface area contributed by atoms with Crippen molar-refractivity contribution in [2.75, 3.05) is 0 Å². The fourth-order valence-electron chi connectivity index (χ4n) is 1.58. The molecule has 0 saturated heterocycles. The SMILES string of the molecule is Cn1cc(-c2cc3nccc(O)n3n2)cn1. The lowest BCUT2D eigenvalue weighted by molar-refractivity contribution is 0.435. The Hall–Kier alpha value is -2.37. The Bertz CT molecular complexity index is 654. The highest BCUT2D eigenvalue weighted by Gasteiger charge is 2.08. The van der Waals surface area contributed by atoms with E-state index in [2.05, 4.69) is 15.2 Å². The standard InChI is InChI=1S/C10H9N5O/c1-14-6-7(5-12-14)8-4-9-11-3-2-10(16)15(9)13-8/h2-6,16H,1H3. The predicted octanol–water partition coefficient (Wildman–Crippen LogP) is 0.835. The van der Waals surface area contributed by atoms with E-state index in [1.54, 1.807) is 23.1 Å². The van der Waals surface area contributed by atoms with E-state index in [4.69, 9.17) is 0 Å². The van der Waals surface area contributed by atoms with Crippen LogP contribution >= 0.6 is 0 Å². The molecule has 0 aliphatic rings. The molecule has 3 aromatic rings. The summed E-state index contributed by atoms with van der Waals surface area (Å²) in [7, 11) is 1.84. The highest BCUT2D eigenvalue weighted by Crippen LogP contribution is 2.20. The first-order valence-electron chi connectivity index (χ1n) is 4.77. The maximum absolute atomic E-state index is 9.58. The zero-order valence-electron chi connectivity index (χ0n) is 8.57. The fraction of sp³-hybridized carbons (Fsp3) is 0.100. The summed E-state index contributed by atoms with van der Waals surface area (Å²) in [5.74, 6) is 0.0696. The van der Waals surface area contributed by atoms with Crippen molar-refractivity contribution in [2.45, 2.75) is 0 Å². The molecule has 0 amide bonds. The van der Waals surface area contributed by atoms with Crippen LogP contribution in [0.4, 0.5) is 0 Å². The van der Waals surface area contributed by atoms with Gasteiger partial charge in [-0.3, -0.25) is 4.68 Å². The maximum Gasteiger partial charge on any atom is 0.215 e. The molecule has 0 bridgehead atoms. The Kier molecular flexibility index (Phi) is 1.70. The predicted molar refractivity (Wildman–Crippen MR) is 56.9 cm³/mol. The van der Waals surface area contributed by atoms with E-state index in [0.717, 1.165) is 11.3 Å². The first kappa shape index (κ1) is 8.90. The van der Waals surface area contributed by atoms with Gasteiger partial charge in [0.2, 0.25) is 5.88 Å². The third-order valence-corrected chi connectivity index (χ3v) is 2.34. The van der Waals surface area contributed by atoms with Crippen molar-refractivity contribution in [2.24, 2.45) is 7.05 Å². The van der Waals surface area contributed by atoms with Crippen LogP contribution < -0.4 is 0 Å². The zero-order chi connectivity index (χ0) is 11.1. The topological polar surface area (TPSA) is 68.2 Å². The number of aryl methyl sites for hydroxylation is 1. The van der Waals surface area contributed by atoms with Crippen LogP contribution in [-0.4, -0.2) is 29.5 Å². The summed E-state index contributed by atoms with van der Waals surface area (Å²) in [5, 5.41) is 17.9. The molecule has 6 nitrogen and oxygen atoms in total. The summed E-state index contributed by atoms with van der Waals surface area (Å²) in [6.45, 7) is 0. The van der Waals surface area contributed by atoms with E-state index in [9.17, 15) is 5.11 Å². The summed E-state index contributed by atoms with van der Waals surface area (Å²) < 4.78 is 3.09. The van der Waals surface area contributed by atoms with Gasteiger partial charge >= 0.3 is 0 Å². The van der Waals surface area contributed by atoms with Gasteiger partial charge in [-0.25, -0.2) is 4.98 Å². The maximum atomic E-state index is 9.58. The van der Waals surface area contributed by atoms with Gasteiger partial charge in [0, 0.05) is 37.1 Å². The summed E-state index contributed by atoms with van der Waals surface area (Å²) >= 11 is 0. The third-order valence-electron chi connectivity index (χ3n) is 2.34. The third kappa shape index (κ3) is 1.23. The molecule has 3 heterocycles. The van der Waals surface area contributed by atoms with Crippen LogP contribution in [0.5, 0.6) is 5.88 Å². The molecule has 0 aliphatic heterocycles. The summed E-state index contributed by atoms with van der Waals surface area (Å²) in [6, 6.07) is 3.30. The van der Waals surface area contributed by atoms with Gasteiger partial charge in [0.1, 0.15) is 0 Å². The van der Waals surface area contributed by atoms with Crippen molar-refractivity contribution in [1.29, 1.82) is 0 Å². The van der Waals surface area contributed by atoms with Crippen LogP contribution in [0.2, 0.25) is 0 Å². The normalized spacial score (nSPS) is 11.1. The molecule has 3 aromatic heterocycles. The lowest BCUT2D eigenvalue weighted by Crippen LogP contribution is -1.89. The smallest absolute Gasteiger partial charge is 0.215 e. The Labute approximate surface area is 90.8 Å². The Morgan fingerprint density at radius 1 is 1.38 bits per heavy atom. The van der Waals surface area contributed by atoms with Gasteiger partial charge in [-0.05, 0) is 0 Å². The van der Waals surface area contributed by atoms with Crippen LogP contribution in [-0.2, 0) is 7.05 Å². The average molecular weight is 215 g/mol. The second kappa shape index (κ2) is 3.06. The molecule has 0 unspecified atom stereocenters. The molecular weight excluding hydrogens is 206 g/mol. The van der Waals surface area contributed by atoms with Crippen molar-refractivity contribution in [3.63, 3.8) is 0 Å². The van der Waals surface area contributed by atoms with E-state index >= 15 is 0 Å². The van der Waals surface area contributed by atoms with Gasteiger partial charge in [0.15, 0.2) is 5.65 Å². The van der Waals surface area contributed by atoms with Crippen molar-refractivity contribution in [3.8, 4) is 17.1 Å². The molecular formula is C10H9N5O. The number of hydrogen-bond donors (Lipinski definition) is 1. The summed E-state index contributed by atoms with van der Waals surface area (Å²) in [6.07, 6.45) is 5.12. The van der Waals surface area contributed by atoms with Crippen LogP contribution in [0.15, 0.2) is 30.7 Å². The van der Waals surface area contributed by atoms with E-state index < -0.39 is 0 Å². The highest BCUT2D eigenvalue weighted by molar-refractivity contribution is 5.62. The Morgan fingerprint density at radius 2 is 2.25 bits per heavy atom. The first-order chi connectivity index (χ1) is 7.74. The minimum absolute atomic E-state index is 0.0696. The number of aromatic hydroxyl groups is 1. The fourth-order valence-corrected chi connectivity index (χ4v) is 1.58. The van der Waals surface area contributed by atoms with Crippen LogP contribution in [0, 0.1) is 0 Å². The van der Waals surface area contributed by atoms with Gasteiger partial charge in [0.25, 0.3) is 0 Å². The van der Waals surface area contributed by atoms with Crippen molar-refractivity contribution in [1.82, 2.24) is 24.4 Å². The second-order valence-corrected chi connectivity index (χ2v) is 3.51. The molecule has 0 atom stereocenters. The molecule has 1 N–H and O–H groups in total. The molecule has 0 saturated carbocycles. The monoisotopic (exact) mass is 215 g/mol. The van der Waals surface area contributed by atoms with E-state index in [-0.39, 0.29) is 5.88 Å². The molecule has 16 heavy (non-hydrogen) atoms. The Balaban J connectivity index is 2.22. The van der Waals surface area contributed by atoms with Gasteiger partial charge in [0.05, 0.1) is 11.9 Å². The minimum atomic E-state index is 0.0696. The molecule has 0 fully saturated rings. The molecule has 80 valence electrons. The quantitative estimate of drug-likeness (QED) is 0.653. The molecule has 0 aliphatic carbocycles. The number of nitrogens with zero attached hydrogens (tertiary/aromatic N) is 5. The van der Waals surface area contributed by atoms with E-state index in [0.29, 0.717) is 5.65 Å². The van der Waals surface area contributed by atoms with Gasteiger partial charge in [-0.1, -0.05) is 0 Å². The largest absolute Gasteiger partial charge is 0.493 e. The second-order valence-electron chi connectivity index (χ2n) is 3.51. The lowest BCUT2D eigenvalue weighted by atomic mass is 10.3.